The van der Waals surface area contributed by atoms with Crippen LogP contribution in [0.2, 0.25) is 0 Å². The van der Waals surface area contributed by atoms with Crippen LogP contribution in [-0.2, 0) is 26.8 Å². The first-order valence-corrected chi connectivity index (χ1v) is 11.6. The molecule has 0 saturated carbocycles. The number of anilines is 1. The summed E-state index contributed by atoms with van der Waals surface area (Å²) in [6, 6.07) is 10.0. The summed E-state index contributed by atoms with van der Waals surface area (Å²) in [5.41, 5.74) is 0.794. The van der Waals surface area contributed by atoms with Gasteiger partial charge in [-0.2, -0.15) is 8.78 Å². The predicted molar refractivity (Wildman–Crippen MR) is 113 cm³/mol. The van der Waals surface area contributed by atoms with Gasteiger partial charge in [-0.3, -0.25) is 9.52 Å². The van der Waals surface area contributed by atoms with Crippen molar-refractivity contribution in [2.45, 2.75) is 42.9 Å². The van der Waals surface area contributed by atoms with Crippen LogP contribution in [0.5, 0.6) is 0 Å². The van der Waals surface area contributed by atoms with Crippen molar-refractivity contribution in [2.75, 3.05) is 11.0 Å². The molecule has 2 rings (SSSR count). The second-order valence-corrected chi connectivity index (χ2v) is 10.7. The van der Waals surface area contributed by atoms with E-state index in [-0.39, 0.29) is 39.9 Å². The highest BCUT2D eigenvalue weighted by atomic mass is 32.2. The van der Waals surface area contributed by atoms with E-state index in [4.69, 9.17) is 0 Å². The first-order valence-electron chi connectivity index (χ1n) is 8.89. The number of sulfonamides is 1. The highest BCUT2D eigenvalue weighted by molar-refractivity contribution is 8.01. The summed E-state index contributed by atoms with van der Waals surface area (Å²) in [6.07, 6.45) is 0.872. The van der Waals surface area contributed by atoms with E-state index in [1.165, 1.54) is 18.2 Å². The number of thioether (sulfide) groups is 1. The van der Waals surface area contributed by atoms with Gasteiger partial charge in [0.25, 0.3) is 0 Å². The second-order valence-electron chi connectivity index (χ2n) is 7.76. The Bertz CT molecular complexity index is 1020. The molecule has 0 atom stereocenters. The summed E-state index contributed by atoms with van der Waals surface area (Å²) >= 11 is 0.124. The summed E-state index contributed by atoms with van der Waals surface area (Å²) in [7, 11) is -3.66. The molecule has 2 aromatic rings. The number of nitrogens with one attached hydrogen (secondary N) is 2. The van der Waals surface area contributed by atoms with Crippen molar-refractivity contribution in [1.82, 2.24) is 5.32 Å². The van der Waals surface area contributed by atoms with Gasteiger partial charge in [0.2, 0.25) is 10.0 Å². The molecule has 0 fully saturated rings. The average Bonchev–Trinajstić information content (AvgIpc) is 2.60. The Balaban J connectivity index is 2.00. The first-order chi connectivity index (χ1) is 13.7. The van der Waals surface area contributed by atoms with Crippen LogP contribution < -0.4 is 10.0 Å². The number of amides is 1. The van der Waals surface area contributed by atoms with Crippen molar-refractivity contribution in [2.24, 2.45) is 0 Å². The van der Waals surface area contributed by atoms with Gasteiger partial charge in [0.05, 0.1) is 11.9 Å². The zero-order valence-corrected chi connectivity index (χ0v) is 18.6. The Hall–Kier alpha value is -2.20. The maximum atomic E-state index is 14.3. The van der Waals surface area contributed by atoms with Gasteiger partial charge < -0.3 is 5.32 Å². The van der Waals surface area contributed by atoms with Crippen molar-refractivity contribution in [3.05, 3.63) is 59.4 Å². The van der Waals surface area contributed by atoms with Gasteiger partial charge in [0.15, 0.2) is 0 Å². The molecule has 0 aliphatic rings. The number of carbonyl (C=O) groups is 1. The lowest BCUT2D eigenvalue weighted by Crippen LogP contribution is -2.37. The minimum Gasteiger partial charge on any atom is -0.346 e. The standard InChI is InChI=1S/C20H23F3N2O3S2/c1-19(2,3)14-6-8-15(9-7-14)29-20(22,23)18(26)24-12-13-5-10-17(16(21)11-13)25-30(4,27)28/h5-11,25H,12H2,1-4H3,(H,24,26). The van der Waals surface area contributed by atoms with Crippen molar-refractivity contribution in [3.63, 3.8) is 0 Å². The molecule has 0 radical (unpaired) electrons. The Morgan fingerprint density at radius 2 is 1.67 bits per heavy atom. The second kappa shape index (κ2) is 8.89. The summed E-state index contributed by atoms with van der Waals surface area (Å²) in [5.74, 6) is -2.39. The number of rotatable bonds is 7. The topological polar surface area (TPSA) is 75.3 Å². The Morgan fingerprint density at radius 1 is 1.07 bits per heavy atom. The molecule has 2 aromatic carbocycles. The number of alkyl halides is 2. The van der Waals surface area contributed by atoms with Gasteiger partial charge >= 0.3 is 11.2 Å². The maximum Gasteiger partial charge on any atom is 0.374 e. The minimum absolute atomic E-state index is 0.120. The van der Waals surface area contributed by atoms with Crippen molar-refractivity contribution in [1.29, 1.82) is 0 Å². The predicted octanol–water partition coefficient (Wildman–Crippen LogP) is 4.50. The summed E-state index contributed by atoms with van der Waals surface area (Å²) in [4.78, 5) is 12.2. The van der Waals surface area contributed by atoms with E-state index in [1.54, 1.807) is 12.1 Å². The number of hydrogen-bond donors (Lipinski definition) is 2. The Morgan fingerprint density at radius 3 is 2.17 bits per heavy atom. The molecule has 164 valence electrons. The fourth-order valence-electron chi connectivity index (χ4n) is 2.45. The molecular weight excluding hydrogens is 437 g/mol. The van der Waals surface area contributed by atoms with Crippen LogP contribution in [0, 0.1) is 5.82 Å². The van der Waals surface area contributed by atoms with Gasteiger partial charge in [-0.15, -0.1) is 0 Å². The molecule has 0 saturated heterocycles. The zero-order chi connectivity index (χ0) is 22.7. The molecule has 0 aliphatic carbocycles. The SMILES string of the molecule is CC(C)(C)c1ccc(SC(F)(F)C(=O)NCc2ccc(NS(C)(=O)=O)c(F)c2)cc1. The largest absolute Gasteiger partial charge is 0.374 e. The fourth-order valence-corrected chi connectivity index (χ4v) is 3.75. The average molecular weight is 461 g/mol. The van der Waals surface area contributed by atoms with E-state index in [9.17, 15) is 26.4 Å². The molecule has 0 heterocycles. The Kier molecular flexibility index (Phi) is 7.13. The minimum atomic E-state index is -3.72. The number of benzene rings is 2. The van der Waals surface area contributed by atoms with Crippen LogP contribution in [0.25, 0.3) is 0 Å². The molecule has 30 heavy (non-hydrogen) atoms. The molecule has 0 bridgehead atoms. The van der Waals surface area contributed by atoms with Crippen LogP contribution >= 0.6 is 11.8 Å². The van der Waals surface area contributed by atoms with E-state index in [0.29, 0.717) is 0 Å². The highest BCUT2D eigenvalue weighted by Gasteiger charge is 2.40. The van der Waals surface area contributed by atoms with E-state index in [1.807, 2.05) is 25.5 Å². The first kappa shape index (κ1) is 24.1. The quantitative estimate of drug-likeness (QED) is 0.597. The monoisotopic (exact) mass is 460 g/mol. The lowest BCUT2D eigenvalue weighted by molar-refractivity contribution is -0.135. The van der Waals surface area contributed by atoms with Gasteiger partial charge in [-0.25, -0.2) is 12.8 Å². The number of carbonyl (C=O) groups excluding carboxylic acids is 1. The van der Waals surface area contributed by atoms with Crippen LogP contribution in [0.1, 0.15) is 31.9 Å². The maximum absolute atomic E-state index is 14.3. The van der Waals surface area contributed by atoms with Gasteiger partial charge in [-0.1, -0.05) is 39.0 Å². The lowest BCUT2D eigenvalue weighted by atomic mass is 9.87. The number of hydrogen-bond acceptors (Lipinski definition) is 4. The van der Waals surface area contributed by atoms with Gasteiger partial charge in [0, 0.05) is 11.4 Å². The summed E-state index contributed by atoms with van der Waals surface area (Å²) in [6.45, 7) is 5.67. The Labute approximate surface area is 178 Å². The summed E-state index contributed by atoms with van der Waals surface area (Å²) in [5, 5.41) is -1.65. The van der Waals surface area contributed by atoms with E-state index >= 15 is 0 Å². The number of halogens is 3. The van der Waals surface area contributed by atoms with Crippen LogP contribution in [0.15, 0.2) is 47.4 Å². The van der Waals surface area contributed by atoms with Gasteiger partial charge in [-0.05, 0) is 52.6 Å². The van der Waals surface area contributed by atoms with E-state index in [0.717, 1.165) is 24.0 Å². The molecule has 0 spiro atoms. The molecule has 10 heteroatoms. The van der Waals surface area contributed by atoms with Crippen LogP contribution in [-0.4, -0.2) is 25.8 Å². The molecule has 0 aliphatic heterocycles. The van der Waals surface area contributed by atoms with Crippen LogP contribution in [0.3, 0.4) is 0 Å². The third-order valence-electron chi connectivity index (χ3n) is 4.01. The molecule has 0 aromatic heterocycles. The lowest BCUT2D eigenvalue weighted by Gasteiger charge is -2.20. The van der Waals surface area contributed by atoms with E-state index in [2.05, 4.69) is 5.32 Å². The summed E-state index contributed by atoms with van der Waals surface area (Å²) < 4.78 is 66.8. The third-order valence-corrected chi connectivity index (χ3v) is 5.55. The molecule has 5 nitrogen and oxygen atoms in total. The molecular formula is C20H23F3N2O3S2. The van der Waals surface area contributed by atoms with Crippen molar-refractivity contribution < 1.29 is 26.4 Å². The molecule has 2 N–H and O–H groups in total. The zero-order valence-electron chi connectivity index (χ0n) is 16.9. The van der Waals surface area contributed by atoms with Gasteiger partial charge in [0.1, 0.15) is 5.82 Å². The fraction of sp³-hybridized carbons (Fsp3) is 0.350. The highest BCUT2D eigenvalue weighted by Crippen LogP contribution is 2.37. The third kappa shape index (κ3) is 6.94. The smallest absolute Gasteiger partial charge is 0.346 e. The van der Waals surface area contributed by atoms with Crippen molar-refractivity contribution in [3.8, 4) is 0 Å². The van der Waals surface area contributed by atoms with Crippen LogP contribution in [0.4, 0.5) is 18.9 Å². The normalized spacial score (nSPS) is 12.5. The van der Waals surface area contributed by atoms with Crippen molar-refractivity contribution >= 4 is 33.4 Å². The van der Waals surface area contributed by atoms with E-state index < -0.39 is 27.0 Å². The molecule has 1 amide bonds. The molecule has 0 unspecified atom stereocenters.